The van der Waals surface area contributed by atoms with Gasteiger partial charge in [-0.25, -0.2) is 9.50 Å². The van der Waals surface area contributed by atoms with E-state index in [2.05, 4.69) is 21.1 Å². The maximum atomic E-state index is 12.8. The Labute approximate surface area is 238 Å². The molecule has 0 radical (unpaired) electrons. The maximum absolute atomic E-state index is 12.8. The van der Waals surface area contributed by atoms with E-state index in [9.17, 15) is 15.2 Å². The minimum Gasteiger partial charge on any atom is -0.495 e. The number of hydrogen-bond acceptors (Lipinski definition) is 9. The van der Waals surface area contributed by atoms with Crippen LogP contribution in [0.5, 0.6) is 11.5 Å². The van der Waals surface area contributed by atoms with E-state index in [1.54, 1.807) is 50.3 Å². The van der Waals surface area contributed by atoms with Gasteiger partial charge in [-0.1, -0.05) is 0 Å². The molecule has 0 spiro atoms. The van der Waals surface area contributed by atoms with Crippen molar-refractivity contribution < 1.29 is 19.4 Å². The second-order valence-electron chi connectivity index (χ2n) is 10.7. The number of ether oxygens (including phenoxy) is 2. The lowest BCUT2D eigenvalue weighted by molar-refractivity contribution is -0.131. The molecule has 0 unspecified atom stereocenters. The van der Waals surface area contributed by atoms with Crippen molar-refractivity contribution >= 4 is 17.2 Å². The van der Waals surface area contributed by atoms with Crippen molar-refractivity contribution in [1.29, 1.82) is 5.26 Å². The molecular formula is C30H33N7O4. The summed E-state index contributed by atoms with van der Waals surface area (Å²) in [6.07, 6.45) is 9.46. The molecule has 1 amide bonds. The number of anilines is 1. The summed E-state index contributed by atoms with van der Waals surface area (Å²) >= 11 is 0. The van der Waals surface area contributed by atoms with E-state index in [4.69, 9.17) is 14.5 Å². The van der Waals surface area contributed by atoms with Crippen LogP contribution in [-0.4, -0.2) is 81.0 Å². The second-order valence-corrected chi connectivity index (χ2v) is 10.7. The Balaban J connectivity index is 1.25. The minimum absolute atomic E-state index is 0.105. The zero-order chi connectivity index (χ0) is 29.0. The average molecular weight is 556 g/mol. The van der Waals surface area contributed by atoms with Crippen LogP contribution in [0.15, 0.2) is 55.2 Å². The topological polar surface area (TPSA) is 129 Å². The predicted molar refractivity (Wildman–Crippen MR) is 153 cm³/mol. The molecule has 1 aliphatic heterocycles. The fraction of sp³-hybridized carbons (Fsp3) is 0.367. The quantitative estimate of drug-likeness (QED) is 0.331. The molecule has 0 aliphatic carbocycles. The number of aromatic nitrogens is 4. The number of pyridine rings is 3. The summed E-state index contributed by atoms with van der Waals surface area (Å²) in [6, 6.07) is 9.86. The van der Waals surface area contributed by atoms with Gasteiger partial charge in [-0.2, -0.15) is 10.4 Å². The van der Waals surface area contributed by atoms with Crippen LogP contribution in [0.3, 0.4) is 0 Å². The van der Waals surface area contributed by atoms with Gasteiger partial charge in [0.1, 0.15) is 30.0 Å². The molecule has 5 rings (SSSR count). The molecule has 1 N–H and O–H groups in total. The second kappa shape index (κ2) is 11.8. The smallest absolute Gasteiger partial charge is 0.223 e. The molecule has 1 fully saturated rings. The van der Waals surface area contributed by atoms with Gasteiger partial charge in [-0.15, -0.1) is 0 Å². The lowest BCUT2D eigenvalue weighted by Crippen LogP contribution is -2.49. The van der Waals surface area contributed by atoms with Gasteiger partial charge in [-0.05, 0) is 50.1 Å². The number of carbonyl (C=O) groups is 1. The van der Waals surface area contributed by atoms with Crippen molar-refractivity contribution in [3.05, 3.63) is 66.4 Å². The highest BCUT2D eigenvalue weighted by Crippen LogP contribution is 2.31. The standard InChI is InChI=1S/C30H33N7O4/c1-30(2,39)20-41-25-13-26(29-23(14-31)17-34-37(29)19-25)22-5-6-27(33-16-22)35-8-10-36(11-9-35)28(38)7-4-21-12-24(40-3)18-32-15-21/h5-6,12-13,15-19,39H,4,7-11,20H2,1-3H3. The normalized spacial score (nSPS) is 13.7. The summed E-state index contributed by atoms with van der Waals surface area (Å²) in [5, 5.41) is 24.0. The number of amides is 1. The Morgan fingerprint density at radius 1 is 1.10 bits per heavy atom. The highest BCUT2D eigenvalue weighted by atomic mass is 16.5. The molecule has 0 atom stereocenters. The van der Waals surface area contributed by atoms with Gasteiger partial charge in [0, 0.05) is 56.1 Å². The van der Waals surface area contributed by atoms with Gasteiger partial charge < -0.3 is 24.4 Å². The summed E-state index contributed by atoms with van der Waals surface area (Å²) in [6.45, 7) is 6.07. The van der Waals surface area contributed by atoms with Gasteiger partial charge in [0.25, 0.3) is 0 Å². The number of nitriles is 1. The van der Waals surface area contributed by atoms with Crippen molar-refractivity contribution in [3.63, 3.8) is 0 Å². The molecule has 0 saturated carbocycles. The molecule has 0 bridgehead atoms. The average Bonchev–Trinajstić information content (AvgIpc) is 3.41. The first-order valence-electron chi connectivity index (χ1n) is 13.5. The summed E-state index contributed by atoms with van der Waals surface area (Å²) in [4.78, 5) is 25.8. The molecule has 5 heterocycles. The SMILES string of the molecule is COc1cncc(CCC(=O)N2CCN(c3ccc(-c4cc(OCC(C)(C)O)cn5ncc(C#N)c45)cn3)CC2)c1. The van der Waals surface area contributed by atoms with Crippen molar-refractivity contribution in [1.82, 2.24) is 24.5 Å². The Morgan fingerprint density at radius 2 is 1.90 bits per heavy atom. The summed E-state index contributed by atoms with van der Waals surface area (Å²) in [7, 11) is 1.60. The zero-order valence-corrected chi connectivity index (χ0v) is 23.4. The first-order valence-corrected chi connectivity index (χ1v) is 13.5. The van der Waals surface area contributed by atoms with Crippen LogP contribution in [0.1, 0.15) is 31.4 Å². The third-order valence-corrected chi connectivity index (χ3v) is 6.95. The van der Waals surface area contributed by atoms with Crippen molar-refractivity contribution in [2.45, 2.75) is 32.3 Å². The third-order valence-electron chi connectivity index (χ3n) is 6.95. The number of methoxy groups -OCH3 is 1. The Kier molecular flexibility index (Phi) is 8.03. The van der Waals surface area contributed by atoms with E-state index >= 15 is 0 Å². The van der Waals surface area contributed by atoms with Crippen LogP contribution in [0, 0.1) is 11.3 Å². The van der Waals surface area contributed by atoms with E-state index in [0.29, 0.717) is 61.6 Å². The highest BCUT2D eigenvalue weighted by Gasteiger charge is 2.22. The molecule has 212 valence electrons. The van der Waals surface area contributed by atoms with Crippen LogP contribution in [0.2, 0.25) is 0 Å². The molecule has 41 heavy (non-hydrogen) atoms. The number of fused-ring (bicyclic) bond motifs is 1. The zero-order valence-electron chi connectivity index (χ0n) is 23.4. The Hall–Kier alpha value is -4.69. The minimum atomic E-state index is -0.998. The van der Waals surface area contributed by atoms with Gasteiger partial charge in [0.05, 0.1) is 42.4 Å². The van der Waals surface area contributed by atoms with E-state index in [1.807, 2.05) is 29.2 Å². The molecule has 1 saturated heterocycles. The number of piperazine rings is 1. The first-order chi connectivity index (χ1) is 19.7. The molecule has 11 heteroatoms. The first kappa shape index (κ1) is 27.9. The van der Waals surface area contributed by atoms with Gasteiger partial charge in [0.2, 0.25) is 5.91 Å². The fourth-order valence-corrected chi connectivity index (χ4v) is 4.78. The summed E-state index contributed by atoms with van der Waals surface area (Å²) < 4.78 is 12.7. The molecule has 4 aromatic heterocycles. The summed E-state index contributed by atoms with van der Waals surface area (Å²) in [5.74, 6) is 2.16. The van der Waals surface area contributed by atoms with Crippen molar-refractivity contribution in [2.75, 3.05) is 44.8 Å². The monoisotopic (exact) mass is 555 g/mol. The molecule has 11 nitrogen and oxygen atoms in total. The van der Waals surface area contributed by atoms with E-state index in [-0.39, 0.29) is 12.5 Å². The largest absolute Gasteiger partial charge is 0.495 e. The third kappa shape index (κ3) is 6.56. The van der Waals surface area contributed by atoms with Crippen LogP contribution < -0.4 is 14.4 Å². The van der Waals surface area contributed by atoms with E-state index < -0.39 is 5.60 Å². The van der Waals surface area contributed by atoms with Crippen LogP contribution in [0.4, 0.5) is 5.82 Å². The predicted octanol–water partition coefficient (Wildman–Crippen LogP) is 3.10. The summed E-state index contributed by atoms with van der Waals surface area (Å²) in [5.41, 5.74) is 2.65. The van der Waals surface area contributed by atoms with E-state index in [0.717, 1.165) is 22.5 Å². The van der Waals surface area contributed by atoms with Gasteiger partial charge in [0.15, 0.2) is 0 Å². The van der Waals surface area contributed by atoms with Crippen molar-refractivity contribution in [2.24, 2.45) is 0 Å². The molecule has 4 aromatic rings. The fourth-order valence-electron chi connectivity index (χ4n) is 4.78. The number of aliphatic hydroxyl groups is 1. The Bertz CT molecular complexity index is 1560. The number of aryl methyl sites for hydroxylation is 1. The number of rotatable bonds is 9. The lowest BCUT2D eigenvalue weighted by Gasteiger charge is -2.35. The van der Waals surface area contributed by atoms with Gasteiger partial charge in [-0.3, -0.25) is 9.78 Å². The van der Waals surface area contributed by atoms with Crippen LogP contribution in [0.25, 0.3) is 16.6 Å². The van der Waals surface area contributed by atoms with E-state index in [1.165, 1.54) is 6.20 Å². The number of nitrogens with zero attached hydrogens (tertiary/aromatic N) is 7. The molecular weight excluding hydrogens is 522 g/mol. The maximum Gasteiger partial charge on any atom is 0.223 e. The Morgan fingerprint density at radius 3 is 2.59 bits per heavy atom. The molecule has 1 aliphatic rings. The number of carbonyl (C=O) groups excluding carboxylic acids is 1. The van der Waals surface area contributed by atoms with Crippen molar-refractivity contribution in [3.8, 4) is 28.7 Å². The van der Waals surface area contributed by atoms with Crippen LogP contribution in [-0.2, 0) is 11.2 Å². The molecule has 0 aromatic carbocycles. The number of hydrogen-bond donors (Lipinski definition) is 1. The van der Waals surface area contributed by atoms with Gasteiger partial charge >= 0.3 is 0 Å². The lowest BCUT2D eigenvalue weighted by atomic mass is 10.1. The van der Waals surface area contributed by atoms with Crippen LogP contribution >= 0.6 is 0 Å². The highest BCUT2D eigenvalue weighted by molar-refractivity contribution is 5.85.